The van der Waals surface area contributed by atoms with Crippen LogP contribution in [0.15, 0.2) is 54.6 Å². The minimum Gasteiger partial charge on any atom is -0.457 e. The zero-order valence-electron chi connectivity index (χ0n) is 16.5. The average Bonchev–Trinajstić information content (AvgIpc) is 3.32. The Kier molecular flexibility index (Phi) is 6.23. The van der Waals surface area contributed by atoms with Crippen molar-refractivity contribution in [3.05, 3.63) is 54.6 Å². The first kappa shape index (κ1) is 20.3. The average molecular weight is 426 g/mol. The number of benzene rings is 2. The highest BCUT2D eigenvalue weighted by Crippen LogP contribution is 2.27. The van der Waals surface area contributed by atoms with Crippen molar-refractivity contribution in [2.45, 2.75) is 18.9 Å². The van der Waals surface area contributed by atoms with Gasteiger partial charge < -0.3 is 19.9 Å². The van der Waals surface area contributed by atoms with E-state index in [9.17, 15) is 14.4 Å². The SMILES string of the molecule is O=C(CCN1CCSC1=O)NC1CC(=O)N(c2ccc(Oc3ccccc3)cc2)C1. The molecule has 4 rings (SSSR count). The summed E-state index contributed by atoms with van der Waals surface area (Å²) in [6.45, 7) is 1.54. The Morgan fingerprint density at radius 1 is 1.07 bits per heavy atom. The molecular weight excluding hydrogens is 402 g/mol. The van der Waals surface area contributed by atoms with Gasteiger partial charge in [0.2, 0.25) is 11.8 Å². The van der Waals surface area contributed by atoms with Gasteiger partial charge in [0.25, 0.3) is 5.24 Å². The molecule has 8 heteroatoms. The molecule has 2 aromatic carbocycles. The Bertz CT molecular complexity index is 920. The van der Waals surface area contributed by atoms with Gasteiger partial charge in [-0.25, -0.2) is 0 Å². The molecule has 1 unspecified atom stereocenters. The Morgan fingerprint density at radius 3 is 2.50 bits per heavy atom. The number of carbonyl (C=O) groups excluding carboxylic acids is 3. The van der Waals surface area contributed by atoms with Gasteiger partial charge in [-0.05, 0) is 36.4 Å². The van der Waals surface area contributed by atoms with Crippen molar-refractivity contribution in [2.75, 3.05) is 30.3 Å². The van der Waals surface area contributed by atoms with Crippen LogP contribution in [-0.2, 0) is 9.59 Å². The molecule has 2 saturated heterocycles. The van der Waals surface area contributed by atoms with Crippen molar-refractivity contribution < 1.29 is 19.1 Å². The lowest BCUT2D eigenvalue weighted by Gasteiger charge is -2.18. The number of para-hydroxylation sites is 1. The first-order valence-corrected chi connectivity index (χ1v) is 10.9. The van der Waals surface area contributed by atoms with Gasteiger partial charge in [0, 0.05) is 43.9 Å². The zero-order valence-corrected chi connectivity index (χ0v) is 17.3. The summed E-state index contributed by atoms with van der Waals surface area (Å²) in [5.74, 6) is 2.06. The van der Waals surface area contributed by atoms with Gasteiger partial charge in [0.1, 0.15) is 11.5 Å². The van der Waals surface area contributed by atoms with Crippen LogP contribution in [0.25, 0.3) is 0 Å². The largest absolute Gasteiger partial charge is 0.457 e. The molecule has 1 atom stereocenters. The van der Waals surface area contributed by atoms with E-state index in [1.165, 1.54) is 11.8 Å². The normalized spacial score (nSPS) is 18.7. The fourth-order valence-corrected chi connectivity index (χ4v) is 4.39. The summed E-state index contributed by atoms with van der Waals surface area (Å²) in [6, 6.07) is 16.6. The van der Waals surface area contributed by atoms with E-state index in [4.69, 9.17) is 4.74 Å². The van der Waals surface area contributed by atoms with Crippen LogP contribution < -0.4 is 15.0 Å². The van der Waals surface area contributed by atoms with Gasteiger partial charge in [0.05, 0.1) is 6.04 Å². The Hall–Kier alpha value is -3.00. The van der Waals surface area contributed by atoms with Crippen molar-refractivity contribution in [1.82, 2.24) is 10.2 Å². The maximum absolute atomic E-state index is 12.4. The van der Waals surface area contributed by atoms with Crippen LogP contribution in [0, 0.1) is 0 Å². The number of nitrogens with zero attached hydrogens (tertiary/aromatic N) is 2. The van der Waals surface area contributed by atoms with Crippen LogP contribution in [-0.4, -0.2) is 53.4 Å². The number of amides is 3. The highest BCUT2D eigenvalue weighted by Gasteiger charge is 2.31. The van der Waals surface area contributed by atoms with Crippen LogP contribution in [0.3, 0.4) is 0 Å². The number of hydrogen-bond donors (Lipinski definition) is 1. The van der Waals surface area contributed by atoms with Gasteiger partial charge in [-0.2, -0.15) is 0 Å². The van der Waals surface area contributed by atoms with E-state index in [2.05, 4.69) is 5.32 Å². The van der Waals surface area contributed by atoms with Crippen molar-refractivity contribution in [3.8, 4) is 11.5 Å². The van der Waals surface area contributed by atoms with Crippen LogP contribution in [0.1, 0.15) is 12.8 Å². The Labute approximate surface area is 179 Å². The summed E-state index contributed by atoms with van der Waals surface area (Å²) >= 11 is 1.28. The molecule has 30 heavy (non-hydrogen) atoms. The number of thioether (sulfide) groups is 1. The zero-order chi connectivity index (χ0) is 20.9. The van der Waals surface area contributed by atoms with Crippen molar-refractivity contribution >= 4 is 34.5 Å². The van der Waals surface area contributed by atoms with E-state index < -0.39 is 0 Å². The first-order chi connectivity index (χ1) is 14.6. The molecule has 0 radical (unpaired) electrons. The first-order valence-electron chi connectivity index (χ1n) is 9.93. The summed E-state index contributed by atoms with van der Waals surface area (Å²) < 4.78 is 5.78. The number of ether oxygens (including phenoxy) is 1. The second kappa shape index (κ2) is 9.21. The third kappa shape index (κ3) is 4.94. The van der Waals surface area contributed by atoms with Gasteiger partial charge in [0.15, 0.2) is 0 Å². The molecule has 7 nitrogen and oxygen atoms in total. The molecule has 0 spiro atoms. The fourth-order valence-electron chi connectivity index (χ4n) is 3.54. The summed E-state index contributed by atoms with van der Waals surface area (Å²) in [6.07, 6.45) is 0.523. The van der Waals surface area contributed by atoms with Crippen molar-refractivity contribution in [3.63, 3.8) is 0 Å². The summed E-state index contributed by atoms with van der Waals surface area (Å²) in [7, 11) is 0. The molecule has 2 aromatic rings. The standard InChI is InChI=1S/C22H23N3O4S/c26-20(10-11-24-12-13-30-22(24)28)23-16-14-21(27)25(15-16)17-6-8-19(9-7-17)29-18-4-2-1-3-5-18/h1-9,16H,10-15H2,(H,23,26). The molecule has 0 bridgehead atoms. The van der Waals surface area contributed by atoms with E-state index in [0.717, 1.165) is 17.2 Å². The van der Waals surface area contributed by atoms with Gasteiger partial charge in [-0.3, -0.25) is 14.4 Å². The van der Waals surface area contributed by atoms with E-state index in [0.29, 0.717) is 25.4 Å². The number of hydrogen-bond acceptors (Lipinski definition) is 5. The Balaban J connectivity index is 1.28. The minimum absolute atomic E-state index is 0.0249. The molecule has 156 valence electrons. The highest BCUT2D eigenvalue weighted by atomic mass is 32.2. The van der Waals surface area contributed by atoms with E-state index >= 15 is 0 Å². The molecule has 0 aromatic heterocycles. The summed E-state index contributed by atoms with van der Waals surface area (Å²) in [4.78, 5) is 39.6. The smallest absolute Gasteiger partial charge is 0.281 e. The number of rotatable bonds is 7. The third-order valence-corrected chi connectivity index (χ3v) is 5.96. The fraction of sp³-hybridized carbons (Fsp3) is 0.318. The topological polar surface area (TPSA) is 79.0 Å². The van der Waals surface area contributed by atoms with E-state index in [1.807, 2.05) is 54.6 Å². The second-order valence-electron chi connectivity index (χ2n) is 7.23. The predicted octanol–water partition coefficient (Wildman–Crippen LogP) is 3.26. The monoisotopic (exact) mass is 425 g/mol. The lowest BCUT2D eigenvalue weighted by molar-refractivity contribution is -0.121. The van der Waals surface area contributed by atoms with Crippen LogP contribution >= 0.6 is 11.8 Å². The molecule has 2 heterocycles. The molecule has 0 aliphatic carbocycles. The summed E-state index contributed by atoms with van der Waals surface area (Å²) in [5.41, 5.74) is 0.775. The number of nitrogens with one attached hydrogen (secondary N) is 1. The minimum atomic E-state index is -0.228. The van der Waals surface area contributed by atoms with E-state index in [-0.39, 0.29) is 35.9 Å². The molecular formula is C22H23N3O4S. The maximum Gasteiger partial charge on any atom is 0.281 e. The molecule has 2 aliphatic heterocycles. The third-order valence-electron chi connectivity index (χ3n) is 5.07. The molecule has 2 fully saturated rings. The van der Waals surface area contributed by atoms with Crippen LogP contribution in [0.4, 0.5) is 10.5 Å². The molecule has 0 saturated carbocycles. The quantitative estimate of drug-likeness (QED) is 0.737. The van der Waals surface area contributed by atoms with Crippen molar-refractivity contribution in [2.24, 2.45) is 0 Å². The van der Waals surface area contributed by atoms with Crippen LogP contribution in [0.5, 0.6) is 11.5 Å². The lowest BCUT2D eigenvalue weighted by Crippen LogP contribution is -2.39. The van der Waals surface area contributed by atoms with E-state index in [1.54, 1.807) is 9.80 Å². The van der Waals surface area contributed by atoms with Crippen LogP contribution in [0.2, 0.25) is 0 Å². The summed E-state index contributed by atoms with van der Waals surface area (Å²) in [5, 5.41) is 2.95. The number of anilines is 1. The maximum atomic E-state index is 12.4. The predicted molar refractivity (Wildman–Crippen MR) is 116 cm³/mol. The van der Waals surface area contributed by atoms with Gasteiger partial charge in [-0.15, -0.1) is 0 Å². The highest BCUT2D eigenvalue weighted by molar-refractivity contribution is 8.13. The Morgan fingerprint density at radius 2 is 1.80 bits per heavy atom. The van der Waals surface area contributed by atoms with Gasteiger partial charge in [-0.1, -0.05) is 30.0 Å². The lowest BCUT2D eigenvalue weighted by atomic mass is 10.2. The molecule has 2 aliphatic rings. The number of carbonyl (C=O) groups is 3. The molecule has 3 amide bonds. The van der Waals surface area contributed by atoms with Crippen molar-refractivity contribution in [1.29, 1.82) is 0 Å². The van der Waals surface area contributed by atoms with Gasteiger partial charge >= 0.3 is 0 Å². The second-order valence-corrected chi connectivity index (χ2v) is 8.28. The molecule has 1 N–H and O–H groups in total.